The van der Waals surface area contributed by atoms with Gasteiger partial charge in [0.05, 0.1) is 7.57 Å². The summed E-state index contributed by atoms with van der Waals surface area (Å²) in [5.74, 6) is 0.205. The van der Waals surface area contributed by atoms with Gasteiger partial charge in [0, 0.05) is 13.2 Å². The molecule has 0 saturated heterocycles. The van der Waals surface area contributed by atoms with Gasteiger partial charge in [0.1, 0.15) is 4.90 Å². The van der Waals surface area contributed by atoms with Crippen LogP contribution in [0.15, 0.2) is 18.5 Å². The Balaban J connectivity index is 2.53. The molecule has 0 aliphatic heterocycles. The van der Waals surface area contributed by atoms with Crippen LogP contribution < -0.4 is 4.72 Å². The van der Waals surface area contributed by atoms with E-state index >= 15 is 0 Å². The molecular weight excluding hydrogens is 406 g/mol. The summed E-state index contributed by atoms with van der Waals surface area (Å²) in [4.78, 5) is 0.259. The molecule has 4 nitrogen and oxygen atoms in total. The third-order valence-electron chi connectivity index (χ3n) is 2.39. The lowest BCUT2D eigenvalue weighted by Gasteiger charge is -2.08. The van der Waals surface area contributed by atoms with Gasteiger partial charge < -0.3 is 5.11 Å². The van der Waals surface area contributed by atoms with E-state index in [4.69, 9.17) is 5.11 Å². The molecule has 1 unspecified atom stereocenters. The Morgan fingerprint density at radius 1 is 1.50 bits per heavy atom. The molecule has 0 saturated carbocycles. The van der Waals surface area contributed by atoms with Gasteiger partial charge in [-0.15, -0.1) is 11.3 Å². The van der Waals surface area contributed by atoms with E-state index in [1.807, 2.05) is 6.92 Å². The minimum atomic E-state index is -3.45. The van der Waals surface area contributed by atoms with E-state index in [2.05, 4.69) is 36.6 Å². The second-order valence-electron chi connectivity index (χ2n) is 4.02. The maximum atomic E-state index is 12.0. The minimum absolute atomic E-state index is 0.135. The van der Waals surface area contributed by atoms with Crippen LogP contribution in [0.25, 0.3) is 0 Å². The molecule has 1 atom stereocenters. The number of thiophene rings is 1. The number of halogens is 2. The van der Waals surface area contributed by atoms with Gasteiger partial charge in [-0.25, -0.2) is 13.1 Å². The number of aliphatic hydroxyl groups is 1. The normalized spacial score (nSPS) is 13.8. The van der Waals surface area contributed by atoms with Crippen molar-refractivity contribution in [1.29, 1.82) is 0 Å². The van der Waals surface area contributed by atoms with E-state index in [1.165, 1.54) is 11.3 Å². The summed E-state index contributed by atoms with van der Waals surface area (Å²) in [5, 5.41) is 8.86. The molecule has 0 spiro atoms. The smallest absolute Gasteiger partial charge is 0.242 e. The minimum Gasteiger partial charge on any atom is -0.396 e. The van der Waals surface area contributed by atoms with Crippen LogP contribution in [0.5, 0.6) is 0 Å². The predicted molar refractivity (Wildman–Crippen MR) is 80.4 cm³/mol. The Morgan fingerprint density at radius 3 is 2.67 bits per heavy atom. The first-order chi connectivity index (χ1) is 8.36. The molecule has 104 valence electrons. The maximum Gasteiger partial charge on any atom is 0.242 e. The van der Waals surface area contributed by atoms with Crippen molar-refractivity contribution in [2.75, 3.05) is 13.2 Å². The van der Waals surface area contributed by atoms with Crippen molar-refractivity contribution < 1.29 is 13.5 Å². The van der Waals surface area contributed by atoms with Crippen LogP contribution >= 0.6 is 43.2 Å². The number of aliphatic hydroxyl groups excluding tert-OH is 1. The summed E-state index contributed by atoms with van der Waals surface area (Å²) < 4.78 is 27.9. The number of nitrogens with one attached hydrogen (secondary N) is 1. The Morgan fingerprint density at radius 2 is 2.17 bits per heavy atom. The number of rotatable bonds is 7. The molecule has 0 radical (unpaired) electrons. The highest BCUT2D eigenvalue weighted by Gasteiger charge is 2.19. The highest BCUT2D eigenvalue weighted by molar-refractivity contribution is 9.12. The highest BCUT2D eigenvalue weighted by Crippen LogP contribution is 2.34. The molecule has 0 bridgehead atoms. The molecule has 1 rings (SSSR count). The second-order valence-corrected chi connectivity index (χ2v) is 9.50. The quantitative estimate of drug-likeness (QED) is 0.666. The van der Waals surface area contributed by atoms with E-state index < -0.39 is 10.0 Å². The van der Waals surface area contributed by atoms with E-state index in [1.54, 1.807) is 6.07 Å². The zero-order valence-electron chi connectivity index (χ0n) is 9.82. The number of sulfonamides is 1. The Labute approximate surface area is 128 Å². The molecule has 1 heterocycles. The fourth-order valence-corrected chi connectivity index (χ4v) is 6.22. The zero-order valence-corrected chi connectivity index (χ0v) is 14.6. The Kier molecular flexibility index (Phi) is 6.77. The van der Waals surface area contributed by atoms with E-state index in [0.29, 0.717) is 16.8 Å². The lowest BCUT2D eigenvalue weighted by atomic mass is 10.1. The first-order valence-corrected chi connectivity index (χ1v) is 9.30. The monoisotopic (exact) mass is 419 g/mol. The van der Waals surface area contributed by atoms with Crippen molar-refractivity contribution >= 4 is 53.2 Å². The van der Waals surface area contributed by atoms with Crippen molar-refractivity contribution in [2.45, 2.75) is 24.7 Å². The Hall–Kier alpha value is 0.530. The van der Waals surface area contributed by atoms with Gasteiger partial charge in [0.25, 0.3) is 0 Å². The van der Waals surface area contributed by atoms with Crippen LogP contribution in [0, 0.1) is 5.92 Å². The molecule has 0 aromatic carbocycles. The molecule has 0 aliphatic rings. The summed E-state index contributed by atoms with van der Waals surface area (Å²) in [6.45, 7) is 2.45. The topological polar surface area (TPSA) is 66.4 Å². The maximum absolute atomic E-state index is 12.0. The molecule has 1 aromatic rings. The van der Waals surface area contributed by atoms with Gasteiger partial charge in [-0.05, 0) is 56.7 Å². The van der Waals surface area contributed by atoms with Crippen LogP contribution in [-0.2, 0) is 10.0 Å². The molecule has 2 N–H and O–H groups in total. The summed E-state index contributed by atoms with van der Waals surface area (Å²) in [5.41, 5.74) is 0. The van der Waals surface area contributed by atoms with E-state index in [-0.39, 0.29) is 17.4 Å². The molecule has 1 aromatic heterocycles. The van der Waals surface area contributed by atoms with Crippen molar-refractivity contribution in [1.82, 2.24) is 4.72 Å². The largest absolute Gasteiger partial charge is 0.396 e. The average Bonchev–Trinajstić information content (AvgIpc) is 2.64. The number of hydrogen-bond acceptors (Lipinski definition) is 4. The molecule has 0 amide bonds. The lowest BCUT2D eigenvalue weighted by Crippen LogP contribution is -2.25. The third-order valence-corrected chi connectivity index (χ3v) is 6.61. The third kappa shape index (κ3) is 4.90. The van der Waals surface area contributed by atoms with Crippen LogP contribution in [-0.4, -0.2) is 26.7 Å². The van der Waals surface area contributed by atoms with Gasteiger partial charge in [-0.1, -0.05) is 6.92 Å². The standard InChI is InChI=1S/C10H15Br2NO3S2/c1-7(6-14)3-2-4-13-18(15,16)8-5-9(11)17-10(8)12/h5,7,13-14H,2-4,6H2,1H3. The van der Waals surface area contributed by atoms with Gasteiger partial charge >= 0.3 is 0 Å². The molecule has 0 aliphatic carbocycles. The van der Waals surface area contributed by atoms with E-state index in [9.17, 15) is 8.42 Å². The van der Waals surface area contributed by atoms with Crippen molar-refractivity contribution in [3.63, 3.8) is 0 Å². The van der Waals surface area contributed by atoms with Gasteiger partial charge in [0.2, 0.25) is 10.0 Å². The molecule has 8 heteroatoms. The fraction of sp³-hybridized carbons (Fsp3) is 0.600. The predicted octanol–water partition coefficient (Wildman–Crippen LogP) is 2.96. The van der Waals surface area contributed by atoms with Crippen LogP contribution in [0.2, 0.25) is 0 Å². The second kappa shape index (κ2) is 7.35. The van der Waals surface area contributed by atoms with Gasteiger partial charge in [-0.3, -0.25) is 0 Å². The van der Waals surface area contributed by atoms with Crippen molar-refractivity contribution in [2.24, 2.45) is 5.92 Å². The average molecular weight is 421 g/mol. The molecule has 18 heavy (non-hydrogen) atoms. The van der Waals surface area contributed by atoms with Gasteiger partial charge in [-0.2, -0.15) is 0 Å². The number of hydrogen-bond donors (Lipinski definition) is 2. The molecular formula is C10H15Br2NO3S2. The summed E-state index contributed by atoms with van der Waals surface area (Å²) in [6.07, 6.45) is 1.51. The summed E-state index contributed by atoms with van der Waals surface area (Å²) in [7, 11) is -3.45. The lowest BCUT2D eigenvalue weighted by molar-refractivity contribution is 0.228. The van der Waals surface area contributed by atoms with Crippen LogP contribution in [0.1, 0.15) is 19.8 Å². The zero-order chi connectivity index (χ0) is 13.8. The van der Waals surface area contributed by atoms with Crippen LogP contribution in [0.3, 0.4) is 0 Å². The van der Waals surface area contributed by atoms with Crippen molar-refractivity contribution in [3.05, 3.63) is 13.6 Å². The van der Waals surface area contributed by atoms with Crippen molar-refractivity contribution in [3.8, 4) is 0 Å². The van der Waals surface area contributed by atoms with Crippen LogP contribution in [0.4, 0.5) is 0 Å². The van der Waals surface area contributed by atoms with E-state index in [0.717, 1.165) is 10.2 Å². The first kappa shape index (κ1) is 16.6. The first-order valence-electron chi connectivity index (χ1n) is 5.42. The SMILES string of the molecule is CC(CO)CCCNS(=O)(=O)c1cc(Br)sc1Br. The van der Waals surface area contributed by atoms with Gasteiger partial charge in [0.15, 0.2) is 0 Å². The molecule has 0 fully saturated rings. The fourth-order valence-electron chi connectivity index (χ4n) is 1.33. The summed E-state index contributed by atoms with van der Waals surface area (Å²) in [6, 6.07) is 1.58. The highest BCUT2D eigenvalue weighted by atomic mass is 79.9. The Bertz CT molecular complexity index is 487. The summed E-state index contributed by atoms with van der Waals surface area (Å²) >= 11 is 7.81.